The predicted molar refractivity (Wildman–Crippen MR) is 54.7 cm³/mol. The minimum Gasteiger partial charge on any atom is -0.371 e. The van der Waals surface area contributed by atoms with Crippen LogP contribution in [0, 0.1) is 0 Å². The number of fused-ring (bicyclic) bond motifs is 1. The zero-order valence-electron chi connectivity index (χ0n) is 8.60. The van der Waals surface area contributed by atoms with E-state index in [4.69, 9.17) is 4.74 Å². The molecule has 1 nitrogen and oxygen atoms in total. The van der Waals surface area contributed by atoms with E-state index in [9.17, 15) is 0 Å². The van der Waals surface area contributed by atoms with Crippen molar-refractivity contribution < 1.29 is 4.74 Å². The number of ether oxygens (including phenoxy) is 1. The summed E-state index contributed by atoms with van der Waals surface area (Å²) in [5, 5.41) is 0. The molecule has 0 aliphatic heterocycles. The largest absolute Gasteiger partial charge is 0.371 e. The molecular formula is C12H18O. The second kappa shape index (κ2) is 3.30. The van der Waals surface area contributed by atoms with E-state index in [1.165, 1.54) is 31.3 Å². The van der Waals surface area contributed by atoms with Crippen LogP contribution in [-0.2, 0) is 4.74 Å². The van der Waals surface area contributed by atoms with Gasteiger partial charge >= 0.3 is 0 Å². The molecule has 0 aromatic heterocycles. The Morgan fingerprint density at radius 3 is 2.92 bits per heavy atom. The summed E-state index contributed by atoms with van der Waals surface area (Å²) in [5.41, 5.74) is 3.05. The molecule has 0 radical (unpaired) electrons. The lowest BCUT2D eigenvalue weighted by Gasteiger charge is -2.27. The summed E-state index contributed by atoms with van der Waals surface area (Å²) in [7, 11) is 0. The molecule has 1 unspecified atom stereocenters. The topological polar surface area (TPSA) is 9.23 Å². The number of rotatable bonds is 2. The van der Waals surface area contributed by atoms with Gasteiger partial charge in [-0.15, -0.1) is 0 Å². The van der Waals surface area contributed by atoms with Crippen molar-refractivity contribution in [3.05, 3.63) is 23.3 Å². The Balaban J connectivity index is 2.24. The zero-order chi connectivity index (χ0) is 9.31. The van der Waals surface area contributed by atoms with Gasteiger partial charge in [0.2, 0.25) is 0 Å². The van der Waals surface area contributed by atoms with E-state index in [0.717, 1.165) is 6.61 Å². The van der Waals surface area contributed by atoms with Gasteiger partial charge in [0.1, 0.15) is 0 Å². The lowest BCUT2D eigenvalue weighted by atomic mass is 9.92. The highest BCUT2D eigenvalue weighted by Crippen LogP contribution is 2.43. The van der Waals surface area contributed by atoms with Gasteiger partial charge in [-0.05, 0) is 50.7 Å². The van der Waals surface area contributed by atoms with Crippen molar-refractivity contribution in [3.8, 4) is 0 Å². The van der Waals surface area contributed by atoms with Crippen LogP contribution in [0.25, 0.3) is 0 Å². The Labute approximate surface area is 80.5 Å². The molecule has 0 spiro atoms. The zero-order valence-corrected chi connectivity index (χ0v) is 8.60. The average Bonchev–Trinajstić information content (AvgIpc) is 2.46. The molecule has 0 heterocycles. The molecule has 13 heavy (non-hydrogen) atoms. The quantitative estimate of drug-likeness (QED) is 0.631. The van der Waals surface area contributed by atoms with Crippen molar-refractivity contribution >= 4 is 0 Å². The van der Waals surface area contributed by atoms with Crippen molar-refractivity contribution in [2.75, 3.05) is 6.61 Å². The third-order valence-electron chi connectivity index (χ3n) is 3.16. The Bertz CT molecular complexity index is 262. The van der Waals surface area contributed by atoms with Crippen LogP contribution in [-0.4, -0.2) is 12.2 Å². The second-order valence-electron chi connectivity index (χ2n) is 4.09. The maximum Gasteiger partial charge on any atom is 0.0905 e. The van der Waals surface area contributed by atoms with Gasteiger partial charge in [0.05, 0.1) is 5.60 Å². The van der Waals surface area contributed by atoms with E-state index in [1.54, 1.807) is 5.57 Å². The van der Waals surface area contributed by atoms with Crippen LogP contribution >= 0.6 is 0 Å². The van der Waals surface area contributed by atoms with Crippen LogP contribution in [0.4, 0.5) is 0 Å². The van der Waals surface area contributed by atoms with Crippen molar-refractivity contribution in [2.45, 2.75) is 45.1 Å². The molecular weight excluding hydrogens is 160 g/mol. The first-order chi connectivity index (χ1) is 6.26. The van der Waals surface area contributed by atoms with E-state index in [2.05, 4.69) is 26.0 Å². The molecule has 72 valence electrons. The summed E-state index contributed by atoms with van der Waals surface area (Å²) in [5.74, 6) is 0. The van der Waals surface area contributed by atoms with Crippen molar-refractivity contribution in [2.24, 2.45) is 0 Å². The van der Waals surface area contributed by atoms with Crippen molar-refractivity contribution in [3.63, 3.8) is 0 Å². The van der Waals surface area contributed by atoms with Gasteiger partial charge in [0.15, 0.2) is 0 Å². The Morgan fingerprint density at radius 2 is 2.15 bits per heavy atom. The number of hydrogen-bond acceptors (Lipinski definition) is 1. The van der Waals surface area contributed by atoms with Gasteiger partial charge in [0, 0.05) is 6.61 Å². The van der Waals surface area contributed by atoms with Crippen LogP contribution < -0.4 is 0 Å². The summed E-state index contributed by atoms with van der Waals surface area (Å²) in [6.07, 6.45) is 9.56. The Hall–Kier alpha value is -0.560. The average molecular weight is 178 g/mol. The van der Waals surface area contributed by atoms with Gasteiger partial charge in [-0.25, -0.2) is 0 Å². The first-order valence-electron chi connectivity index (χ1n) is 5.30. The molecule has 1 fully saturated rings. The van der Waals surface area contributed by atoms with E-state index >= 15 is 0 Å². The normalized spacial score (nSPS) is 32.5. The molecule has 1 heteroatoms. The number of hydrogen-bond donors (Lipinski definition) is 0. The minimum absolute atomic E-state index is 0.0288. The number of allylic oxidation sites excluding steroid dienone is 2. The molecule has 0 aromatic carbocycles. The first kappa shape index (κ1) is 9.01. The minimum atomic E-state index is 0.0288. The van der Waals surface area contributed by atoms with Crippen molar-refractivity contribution in [1.82, 2.24) is 0 Å². The Morgan fingerprint density at radius 1 is 1.38 bits per heavy atom. The summed E-state index contributed by atoms with van der Waals surface area (Å²) in [6.45, 7) is 5.13. The van der Waals surface area contributed by atoms with Crippen molar-refractivity contribution in [1.29, 1.82) is 0 Å². The van der Waals surface area contributed by atoms with Crippen LogP contribution in [0.3, 0.4) is 0 Å². The summed E-state index contributed by atoms with van der Waals surface area (Å²) < 4.78 is 5.85. The lowest BCUT2D eigenvalue weighted by molar-refractivity contribution is 0.00975. The third kappa shape index (κ3) is 1.46. The van der Waals surface area contributed by atoms with Gasteiger partial charge in [-0.1, -0.05) is 12.2 Å². The summed E-state index contributed by atoms with van der Waals surface area (Å²) in [6, 6.07) is 0. The van der Waals surface area contributed by atoms with Crippen LogP contribution in [0.1, 0.15) is 39.5 Å². The standard InChI is InChI=1S/C12H18O/c1-3-13-12(2)9-8-10-6-4-5-7-11(10)12/h6-7H,3-5,8-9H2,1-2H3. The molecule has 1 atom stereocenters. The highest BCUT2D eigenvalue weighted by Gasteiger charge is 2.37. The molecule has 0 amide bonds. The molecule has 1 saturated carbocycles. The third-order valence-corrected chi connectivity index (χ3v) is 3.16. The SMILES string of the molecule is CCOC1(C)CCC2=CCCC=C21. The second-order valence-corrected chi connectivity index (χ2v) is 4.09. The fourth-order valence-electron chi connectivity index (χ4n) is 2.49. The highest BCUT2D eigenvalue weighted by molar-refractivity contribution is 5.44. The fraction of sp³-hybridized carbons (Fsp3) is 0.667. The van der Waals surface area contributed by atoms with E-state index in [-0.39, 0.29) is 5.60 Å². The van der Waals surface area contributed by atoms with E-state index in [1.807, 2.05) is 0 Å². The molecule has 0 N–H and O–H groups in total. The summed E-state index contributed by atoms with van der Waals surface area (Å²) in [4.78, 5) is 0. The highest BCUT2D eigenvalue weighted by atomic mass is 16.5. The predicted octanol–water partition coefficient (Wildman–Crippen LogP) is 3.22. The van der Waals surface area contributed by atoms with Crippen LogP contribution in [0.2, 0.25) is 0 Å². The monoisotopic (exact) mass is 178 g/mol. The van der Waals surface area contributed by atoms with Gasteiger partial charge in [-0.2, -0.15) is 0 Å². The van der Waals surface area contributed by atoms with Crippen LogP contribution in [0.5, 0.6) is 0 Å². The maximum atomic E-state index is 5.85. The lowest BCUT2D eigenvalue weighted by Crippen LogP contribution is -2.27. The molecule has 0 saturated heterocycles. The fourth-order valence-corrected chi connectivity index (χ4v) is 2.49. The maximum absolute atomic E-state index is 5.85. The summed E-state index contributed by atoms with van der Waals surface area (Å²) >= 11 is 0. The van der Waals surface area contributed by atoms with Gasteiger partial charge < -0.3 is 4.74 Å². The van der Waals surface area contributed by atoms with E-state index < -0.39 is 0 Å². The Kier molecular flexibility index (Phi) is 2.29. The van der Waals surface area contributed by atoms with Crippen LogP contribution in [0.15, 0.2) is 23.3 Å². The van der Waals surface area contributed by atoms with E-state index in [0.29, 0.717) is 0 Å². The first-order valence-corrected chi connectivity index (χ1v) is 5.30. The smallest absolute Gasteiger partial charge is 0.0905 e. The molecule has 0 aromatic rings. The van der Waals surface area contributed by atoms with Gasteiger partial charge in [0.25, 0.3) is 0 Å². The molecule has 2 aliphatic rings. The molecule has 2 aliphatic carbocycles. The molecule has 0 bridgehead atoms. The molecule has 2 rings (SSSR count). The van der Waals surface area contributed by atoms with Gasteiger partial charge in [-0.3, -0.25) is 0 Å².